The van der Waals surface area contributed by atoms with Gasteiger partial charge in [-0.05, 0) is 36.8 Å². The number of amides is 1. The Morgan fingerprint density at radius 3 is 2.77 bits per heavy atom. The van der Waals surface area contributed by atoms with Crippen molar-refractivity contribution in [3.8, 4) is 0 Å². The second kappa shape index (κ2) is 6.07. The predicted octanol–water partition coefficient (Wildman–Crippen LogP) is 2.32. The highest BCUT2D eigenvalue weighted by atomic mass is 35.5. The van der Waals surface area contributed by atoms with E-state index in [1.54, 1.807) is 24.3 Å². The van der Waals surface area contributed by atoms with Gasteiger partial charge in [-0.25, -0.2) is 12.8 Å². The average molecular weight is 394 g/mol. The lowest BCUT2D eigenvalue weighted by Crippen LogP contribution is -2.30. The molecule has 2 heterocycles. The highest BCUT2D eigenvalue weighted by Crippen LogP contribution is 2.28. The Balaban J connectivity index is 1.64. The first kappa shape index (κ1) is 17.0. The van der Waals surface area contributed by atoms with Gasteiger partial charge in [0.1, 0.15) is 17.7 Å². The summed E-state index contributed by atoms with van der Waals surface area (Å²) >= 11 is 5.67. The Morgan fingerprint density at radius 2 is 2.00 bits per heavy atom. The molecule has 2 aliphatic rings. The Kier molecular flexibility index (Phi) is 3.96. The van der Waals surface area contributed by atoms with Crippen LogP contribution in [0.2, 0.25) is 5.02 Å². The lowest BCUT2D eigenvalue weighted by atomic mass is 10.2. The number of halogens is 2. The number of hydrogen-bond acceptors (Lipinski definition) is 4. The molecule has 1 unspecified atom stereocenters. The predicted molar refractivity (Wildman–Crippen MR) is 95.5 cm³/mol. The van der Waals surface area contributed by atoms with Gasteiger partial charge in [0, 0.05) is 17.8 Å². The van der Waals surface area contributed by atoms with Crippen LogP contribution < -0.4 is 9.62 Å². The van der Waals surface area contributed by atoms with Crippen LogP contribution in [0, 0.1) is 5.82 Å². The van der Waals surface area contributed by atoms with E-state index in [1.807, 2.05) is 0 Å². The zero-order valence-electron chi connectivity index (χ0n) is 13.3. The van der Waals surface area contributed by atoms with Gasteiger partial charge in [0.05, 0.1) is 9.92 Å². The Morgan fingerprint density at radius 1 is 1.23 bits per heavy atom. The fourth-order valence-electron chi connectivity index (χ4n) is 3.08. The molecule has 9 heteroatoms. The van der Waals surface area contributed by atoms with Gasteiger partial charge in [-0.1, -0.05) is 23.7 Å². The van der Waals surface area contributed by atoms with Crippen LogP contribution in [-0.2, 0) is 14.8 Å². The molecule has 1 N–H and O–H groups in total. The van der Waals surface area contributed by atoms with Crippen molar-refractivity contribution in [1.29, 1.82) is 0 Å². The summed E-state index contributed by atoms with van der Waals surface area (Å²) in [5, 5.41) is -0.0193. The third kappa shape index (κ3) is 2.75. The first-order valence-corrected chi connectivity index (χ1v) is 9.69. The molecule has 4 rings (SSSR count). The second-order valence-electron chi connectivity index (χ2n) is 5.97. The number of benzene rings is 2. The maximum Gasteiger partial charge on any atom is 0.263 e. The molecule has 134 valence electrons. The number of aliphatic imine (C=N–C) groups is 1. The van der Waals surface area contributed by atoms with Crippen molar-refractivity contribution in [2.75, 3.05) is 11.4 Å². The number of sulfonamides is 1. The van der Waals surface area contributed by atoms with Crippen LogP contribution in [0.1, 0.15) is 12.0 Å². The van der Waals surface area contributed by atoms with Gasteiger partial charge in [-0.2, -0.15) is 0 Å². The summed E-state index contributed by atoms with van der Waals surface area (Å²) < 4.78 is 40.3. The summed E-state index contributed by atoms with van der Waals surface area (Å²) in [5.74, 6) is -0.768. The third-order valence-electron chi connectivity index (χ3n) is 4.34. The number of carbonyl (C=O) groups is 1. The van der Waals surface area contributed by atoms with E-state index in [4.69, 9.17) is 11.6 Å². The number of hydrogen-bond donors (Lipinski definition) is 1. The second-order valence-corrected chi connectivity index (χ2v) is 8.03. The molecule has 0 aromatic heterocycles. The lowest BCUT2D eigenvalue weighted by Gasteiger charge is -2.16. The Hall–Kier alpha value is -2.45. The minimum Gasteiger partial charge on any atom is -0.310 e. The molecule has 2 aliphatic heterocycles. The number of nitrogens with one attached hydrogen (secondary N) is 1. The van der Waals surface area contributed by atoms with Gasteiger partial charge >= 0.3 is 0 Å². The standard InChI is InChI=1S/C17H13ClFN3O3S/c18-12-6-5-10(9-13(12)19)22-8-7-14(17(22)23)20-16-11-3-1-2-4-15(11)26(24,25)21-16/h1-6,9,14H,7-8H2,(H,20,21). The van der Waals surface area contributed by atoms with Gasteiger partial charge < -0.3 is 4.90 Å². The molecule has 2 aromatic carbocycles. The summed E-state index contributed by atoms with van der Waals surface area (Å²) in [6.45, 7) is 0.357. The fraction of sp³-hybridized carbons (Fsp3) is 0.176. The molecular formula is C17H13ClFN3O3S. The monoisotopic (exact) mass is 393 g/mol. The van der Waals surface area contributed by atoms with E-state index in [-0.39, 0.29) is 21.7 Å². The van der Waals surface area contributed by atoms with Crippen LogP contribution in [0.25, 0.3) is 0 Å². The minimum absolute atomic E-state index is 0.0193. The van der Waals surface area contributed by atoms with Crippen LogP contribution in [0.5, 0.6) is 0 Å². The number of nitrogens with zero attached hydrogens (tertiary/aromatic N) is 2. The normalized spacial score (nSPS) is 22.5. The molecule has 0 spiro atoms. The van der Waals surface area contributed by atoms with E-state index >= 15 is 0 Å². The largest absolute Gasteiger partial charge is 0.310 e. The van der Waals surface area contributed by atoms with Crippen LogP contribution in [0.15, 0.2) is 52.4 Å². The van der Waals surface area contributed by atoms with E-state index in [0.29, 0.717) is 24.2 Å². The van der Waals surface area contributed by atoms with Crippen molar-refractivity contribution in [3.05, 3.63) is 58.9 Å². The Labute approximate surface area is 154 Å². The van der Waals surface area contributed by atoms with Crippen molar-refractivity contribution in [1.82, 2.24) is 4.72 Å². The maximum atomic E-state index is 13.7. The molecule has 0 saturated carbocycles. The number of rotatable bonds is 2. The van der Waals surface area contributed by atoms with Crippen LogP contribution in [-0.4, -0.2) is 32.7 Å². The molecule has 1 fully saturated rings. The highest BCUT2D eigenvalue weighted by molar-refractivity contribution is 7.90. The maximum absolute atomic E-state index is 13.7. The number of amidine groups is 1. The molecule has 6 nitrogen and oxygen atoms in total. The molecule has 1 saturated heterocycles. The summed E-state index contributed by atoms with van der Waals surface area (Å²) in [6, 6.07) is 9.86. The van der Waals surface area contributed by atoms with Gasteiger partial charge in [-0.15, -0.1) is 0 Å². The SMILES string of the molecule is O=C1C(N=C2NS(=O)(=O)c3ccccc32)CCN1c1ccc(Cl)c(F)c1. The lowest BCUT2D eigenvalue weighted by molar-refractivity contribution is -0.118. The van der Waals surface area contributed by atoms with Gasteiger partial charge in [0.25, 0.3) is 15.9 Å². The zero-order valence-corrected chi connectivity index (χ0v) is 14.9. The number of fused-ring (bicyclic) bond motifs is 1. The molecule has 0 aliphatic carbocycles. The van der Waals surface area contributed by atoms with E-state index in [2.05, 4.69) is 9.71 Å². The van der Waals surface area contributed by atoms with E-state index < -0.39 is 21.9 Å². The number of carbonyl (C=O) groups excluding carboxylic acids is 1. The Bertz CT molecular complexity index is 1050. The molecule has 2 aromatic rings. The van der Waals surface area contributed by atoms with E-state index in [9.17, 15) is 17.6 Å². The number of anilines is 1. The van der Waals surface area contributed by atoms with Crippen molar-refractivity contribution < 1.29 is 17.6 Å². The zero-order chi connectivity index (χ0) is 18.5. The van der Waals surface area contributed by atoms with Crippen molar-refractivity contribution in [2.45, 2.75) is 17.4 Å². The smallest absolute Gasteiger partial charge is 0.263 e. The summed E-state index contributed by atoms with van der Waals surface area (Å²) in [4.78, 5) is 18.5. The van der Waals surface area contributed by atoms with Gasteiger partial charge in [0.2, 0.25) is 0 Å². The topological polar surface area (TPSA) is 78.8 Å². The molecular weight excluding hydrogens is 381 g/mol. The quantitative estimate of drug-likeness (QED) is 0.850. The average Bonchev–Trinajstić information content (AvgIpc) is 3.09. The molecule has 0 radical (unpaired) electrons. The minimum atomic E-state index is -3.66. The van der Waals surface area contributed by atoms with Gasteiger partial charge in [-0.3, -0.25) is 14.5 Å². The van der Waals surface area contributed by atoms with Crippen molar-refractivity contribution >= 4 is 39.1 Å². The van der Waals surface area contributed by atoms with Crippen molar-refractivity contribution in [3.63, 3.8) is 0 Å². The highest BCUT2D eigenvalue weighted by Gasteiger charge is 2.36. The third-order valence-corrected chi connectivity index (χ3v) is 6.04. The molecule has 26 heavy (non-hydrogen) atoms. The molecule has 0 bridgehead atoms. The summed E-state index contributed by atoms with van der Waals surface area (Å²) in [7, 11) is -3.66. The van der Waals surface area contributed by atoms with Gasteiger partial charge in [0.15, 0.2) is 0 Å². The van der Waals surface area contributed by atoms with Crippen LogP contribution >= 0.6 is 11.6 Å². The first-order valence-electron chi connectivity index (χ1n) is 7.83. The molecule has 1 atom stereocenters. The van der Waals surface area contributed by atoms with E-state index in [0.717, 1.165) is 0 Å². The molecule has 1 amide bonds. The van der Waals surface area contributed by atoms with Crippen LogP contribution in [0.3, 0.4) is 0 Å². The summed E-state index contributed by atoms with van der Waals surface area (Å²) in [6.07, 6.45) is 0.399. The van der Waals surface area contributed by atoms with Crippen LogP contribution in [0.4, 0.5) is 10.1 Å². The van der Waals surface area contributed by atoms with Crippen molar-refractivity contribution in [2.24, 2.45) is 4.99 Å². The summed E-state index contributed by atoms with van der Waals surface area (Å²) in [5.41, 5.74) is 0.836. The van der Waals surface area contributed by atoms with E-state index in [1.165, 1.54) is 23.1 Å². The first-order chi connectivity index (χ1) is 12.4. The fourth-order valence-corrected chi connectivity index (χ4v) is 4.44.